The van der Waals surface area contributed by atoms with Gasteiger partial charge in [-0.25, -0.2) is 0 Å². The fourth-order valence-electron chi connectivity index (χ4n) is 1.78. The smallest absolute Gasteiger partial charge is 0.167 e. The van der Waals surface area contributed by atoms with Gasteiger partial charge in [-0.15, -0.1) is 0 Å². The highest BCUT2D eigenvalue weighted by Gasteiger charge is 2.06. The number of hydrogen-bond acceptors (Lipinski definition) is 4. The van der Waals surface area contributed by atoms with Crippen molar-refractivity contribution in [1.29, 1.82) is 0 Å². The molecule has 236 valence electrons. The van der Waals surface area contributed by atoms with Crippen molar-refractivity contribution in [3.63, 3.8) is 0 Å². The second kappa shape index (κ2) is 34.5. The van der Waals surface area contributed by atoms with Crippen LogP contribution in [0.15, 0.2) is 54.6 Å². The van der Waals surface area contributed by atoms with Crippen LogP contribution in [0.4, 0.5) is 0 Å². The molecule has 1 N–H and O–H groups in total. The van der Waals surface area contributed by atoms with E-state index in [-0.39, 0.29) is 11.5 Å². The van der Waals surface area contributed by atoms with Gasteiger partial charge in [-0.3, -0.25) is 4.79 Å². The van der Waals surface area contributed by atoms with Crippen LogP contribution in [0.5, 0.6) is 5.75 Å². The summed E-state index contributed by atoms with van der Waals surface area (Å²) in [6, 6.07) is 15.9. The number of hydrogen-bond donors (Lipinski definition) is 1. The molecule has 0 unspecified atom stereocenters. The topological polar surface area (TPSA) is 37.3 Å². The lowest BCUT2D eigenvalue weighted by Crippen LogP contribution is -2.02. The van der Waals surface area contributed by atoms with Gasteiger partial charge >= 0.3 is 0 Å². The maximum Gasteiger partial charge on any atom is 0.167 e. The second-order valence-electron chi connectivity index (χ2n) is 5.27. The average molecular weight is 1050 g/mol. The van der Waals surface area contributed by atoms with Gasteiger partial charge in [0.15, 0.2) is 5.78 Å². The molecule has 0 aliphatic carbocycles. The molecule has 0 radical (unpaired) electrons. The minimum Gasteiger partial charge on any atom is -0.508 e. The molecule has 0 amide bonds. The predicted molar refractivity (Wildman–Crippen MR) is 254 cm³/mol. The number of benzene rings is 2. The summed E-state index contributed by atoms with van der Waals surface area (Å²) in [4.78, 5) is 11.8. The molecule has 0 fully saturated rings. The van der Waals surface area contributed by atoms with Crippen LogP contribution < -0.4 is 0 Å². The van der Waals surface area contributed by atoms with E-state index in [1.54, 1.807) is 136 Å². The summed E-state index contributed by atoms with van der Waals surface area (Å²) < 4.78 is 0. The van der Waals surface area contributed by atoms with E-state index in [1.165, 1.54) is 29.9 Å². The van der Waals surface area contributed by atoms with Crippen molar-refractivity contribution in [3.8, 4) is 5.75 Å². The Bertz CT molecular complexity index is 2160. The summed E-state index contributed by atoms with van der Waals surface area (Å²) in [6.45, 7) is 0. The minimum absolute atomic E-state index is 0.0613. The molecule has 2 aromatic carbocycles. The van der Waals surface area contributed by atoms with Crippen LogP contribution in [0.2, 0.25) is 0 Å². The molecule has 0 spiro atoms. The fourth-order valence-corrected chi connectivity index (χ4v) is 62.2. The highest BCUT2D eigenvalue weighted by molar-refractivity contribution is 8.79. The van der Waals surface area contributed by atoms with Crippen molar-refractivity contribution < 1.29 is 9.90 Å². The number of carbonyl (C=O) groups excluding carboxylic acids is 1. The summed E-state index contributed by atoms with van der Waals surface area (Å²) in [5.41, 5.74) is 1.63. The van der Waals surface area contributed by atoms with Gasteiger partial charge in [0.05, 0.1) is 0 Å². The highest BCUT2D eigenvalue weighted by Crippen LogP contribution is 2.12. The van der Waals surface area contributed by atoms with Crippen LogP contribution in [-0.2, 0) is 242 Å². The van der Waals surface area contributed by atoms with Gasteiger partial charge in [0.1, 0.15) is 5.75 Å². The normalized spacial score (nSPS) is 8.48. The van der Waals surface area contributed by atoms with Crippen molar-refractivity contribution in [3.05, 3.63) is 65.7 Å². The van der Waals surface area contributed by atoms with Gasteiger partial charge < -0.3 is 5.11 Å². The molecule has 0 aliphatic rings. The van der Waals surface area contributed by atoms with Crippen LogP contribution in [0, 0.1) is 0 Å². The maximum atomic E-state index is 11.8. The zero-order chi connectivity index (χ0) is 30.4. The van der Waals surface area contributed by atoms with E-state index < -0.39 is 0 Å². The van der Waals surface area contributed by atoms with E-state index in [0.717, 1.165) is 5.56 Å². The first kappa shape index (κ1) is 43.7. The van der Waals surface area contributed by atoms with Crippen molar-refractivity contribution in [1.82, 2.24) is 0 Å². The number of Topliss-reactive ketones (excluding diaryl/α,β-unsaturated/α-hetero) is 1. The molecule has 0 atom stereocenters. The van der Waals surface area contributed by atoms with E-state index >= 15 is 0 Å². The number of ketones is 1. The van der Waals surface area contributed by atoms with Crippen molar-refractivity contribution >= 4 is 241 Å². The van der Waals surface area contributed by atoms with E-state index in [4.69, 9.17) is 27.5 Å². The Morgan fingerprint density at radius 3 is 1.10 bits per heavy atom. The van der Waals surface area contributed by atoms with Crippen molar-refractivity contribution in [2.75, 3.05) is 0 Å². The molecule has 0 aromatic heterocycles. The second-order valence-corrected chi connectivity index (χ2v) is 47.7. The number of rotatable bonds is 3. The summed E-state index contributed by atoms with van der Waals surface area (Å²) in [5, 5.41) is 9.12. The molecule has 42 heavy (non-hydrogen) atoms. The summed E-state index contributed by atoms with van der Waals surface area (Å²) >= 11 is 9.55. The Morgan fingerprint density at radius 2 is 0.786 bits per heavy atom. The fraction of sp³-hybridized carbons (Fsp3) is 0.0714. The molecular weight excluding hydrogens is 1030 g/mol. The number of phenolic OH excluding ortho intramolecular Hbond substituents is 1. The molecular formula is C14H12O2S26. The zero-order valence-corrected chi connectivity index (χ0v) is 40.6. The lowest BCUT2D eigenvalue weighted by molar-refractivity contribution is 0.0993. The van der Waals surface area contributed by atoms with E-state index in [0.29, 0.717) is 12.0 Å². The third-order valence-electron chi connectivity index (χ3n) is 3.04. The largest absolute Gasteiger partial charge is 0.508 e. The lowest BCUT2D eigenvalue weighted by atomic mass is 10.0. The Kier molecular flexibility index (Phi) is 35.8. The number of phenols is 1. The van der Waals surface area contributed by atoms with Crippen LogP contribution in [0.3, 0.4) is 0 Å². The van der Waals surface area contributed by atoms with E-state index in [2.05, 4.69) is 0 Å². The first-order chi connectivity index (χ1) is 20.7. The Labute approximate surface area is 322 Å². The molecule has 0 saturated carbocycles. The third kappa shape index (κ3) is 28.6. The molecule has 0 saturated heterocycles. The van der Waals surface area contributed by atoms with Gasteiger partial charge in [0.25, 0.3) is 0 Å². The van der Waals surface area contributed by atoms with Gasteiger partial charge in [0.2, 0.25) is 0 Å². The quantitative estimate of drug-likeness (QED) is 0.481. The molecule has 0 heterocycles. The van der Waals surface area contributed by atoms with E-state index in [9.17, 15) is 4.79 Å². The molecule has 28 heteroatoms. The van der Waals surface area contributed by atoms with Gasteiger partial charge in [-0.2, -0.15) is 0 Å². The Balaban J connectivity index is 0.000000465. The zero-order valence-electron chi connectivity index (χ0n) is 19.4. The summed E-state index contributed by atoms with van der Waals surface area (Å²) in [7, 11) is 41.8. The Hall–Kier alpha value is 3.63. The summed E-state index contributed by atoms with van der Waals surface area (Å²) in [5.74, 6) is 0.238. The van der Waals surface area contributed by atoms with Crippen molar-refractivity contribution in [2.24, 2.45) is 0 Å². The Morgan fingerprint density at radius 1 is 0.476 bits per heavy atom. The molecule has 0 bridgehead atoms. The monoisotopic (exact) mass is 1040 g/mol. The molecule has 2 rings (SSSR count). The minimum atomic E-state index is 0.0613. The molecule has 2 nitrogen and oxygen atoms in total. The first-order valence-electron chi connectivity index (χ1n) is 9.28. The van der Waals surface area contributed by atoms with Crippen molar-refractivity contribution in [2.45, 2.75) is 6.42 Å². The van der Waals surface area contributed by atoms with Crippen LogP contribution in [0.25, 0.3) is 0 Å². The maximum absolute atomic E-state index is 11.8. The predicted octanol–water partition coefficient (Wildman–Crippen LogP) is 2.76. The average Bonchev–Trinajstić information content (AvgIpc) is 3.01. The van der Waals surface area contributed by atoms with Crippen LogP contribution >= 0.6 is 0 Å². The number of carbonyl (C=O) groups is 1. The third-order valence-corrected chi connectivity index (χ3v) is 54.1. The van der Waals surface area contributed by atoms with Gasteiger partial charge in [-0.05, 0) is 29.8 Å². The van der Waals surface area contributed by atoms with Crippen LogP contribution in [-0.4, -0.2) is 10.9 Å². The van der Waals surface area contributed by atoms with Crippen LogP contribution in [0.1, 0.15) is 15.9 Å². The SMILES string of the molecule is O=C(Cc1ccccc1)c1ccc(O)cc1.S=S=S=S=S=S=S=S=S=S=S=S=S=S=S=S=S=S=S=S=S=S=S=S=S=S. The van der Waals surface area contributed by atoms with Gasteiger partial charge in [0, 0.05) is 247 Å². The standard InChI is InChI=1S/C14H12O2.S26/c15-13-8-6-12(7-9-13)14(16)10-11-4-2-1-3-5-11;1-3-5-7-9-11-13-15-17-19-21-23-25-26-24-22-20-18-16-14-12-10-8-6-4-2/h1-9,15H,10H2;. The summed E-state index contributed by atoms with van der Waals surface area (Å²) in [6.07, 6.45) is 0.394. The number of aromatic hydroxyl groups is 1. The van der Waals surface area contributed by atoms with E-state index in [1.807, 2.05) is 101 Å². The lowest BCUT2D eigenvalue weighted by Gasteiger charge is -2.01. The highest BCUT2D eigenvalue weighted by atomic mass is 33.5. The molecule has 0 aliphatic heterocycles. The first-order valence-corrected chi connectivity index (χ1v) is 42.6. The van der Waals surface area contributed by atoms with Gasteiger partial charge in [-0.1, -0.05) is 30.3 Å². The molecule has 2 aromatic rings.